The highest BCUT2D eigenvalue weighted by Crippen LogP contribution is 2.30. The molecule has 0 saturated carbocycles. The lowest BCUT2D eigenvalue weighted by Gasteiger charge is -2.28. The van der Waals surface area contributed by atoms with Crippen molar-refractivity contribution in [3.8, 4) is 0 Å². The van der Waals surface area contributed by atoms with Crippen molar-refractivity contribution < 1.29 is 9.18 Å². The van der Waals surface area contributed by atoms with Crippen LogP contribution in [0.5, 0.6) is 0 Å². The number of carbonyl (C=O) groups is 1. The molecule has 2 aromatic carbocycles. The highest BCUT2D eigenvalue weighted by Gasteiger charge is 2.33. The lowest BCUT2D eigenvalue weighted by Crippen LogP contribution is -2.39. The Morgan fingerprint density at radius 3 is 2.57 bits per heavy atom. The third kappa shape index (κ3) is 4.62. The molecule has 2 aliphatic rings. The Hall–Kier alpha value is -2.11. The van der Waals surface area contributed by atoms with E-state index in [0.717, 1.165) is 29.9 Å². The minimum absolute atomic E-state index is 0. The maximum Gasteiger partial charge on any atom is 0.256 e. The van der Waals surface area contributed by atoms with E-state index in [1.165, 1.54) is 43.6 Å². The van der Waals surface area contributed by atoms with Gasteiger partial charge in [-0.25, -0.2) is 4.39 Å². The summed E-state index contributed by atoms with van der Waals surface area (Å²) in [5.74, 6) is -0.675. The molecular weight excluding hydrogens is 401 g/mol. The van der Waals surface area contributed by atoms with Crippen molar-refractivity contribution in [3.63, 3.8) is 0 Å². The summed E-state index contributed by atoms with van der Waals surface area (Å²) in [4.78, 5) is 17.7. The third-order valence-electron chi connectivity index (χ3n) is 6.50. The molecule has 0 aromatic heterocycles. The monoisotopic (exact) mass is 431 g/mol. The second-order valence-corrected chi connectivity index (χ2v) is 8.53. The van der Waals surface area contributed by atoms with E-state index in [1.54, 1.807) is 6.07 Å². The molecule has 2 aliphatic heterocycles. The van der Waals surface area contributed by atoms with Crippen LogP contribution in [0.1, 0.15) is 47.7 Å². The second kappa shape index (κ2) is 9.36. The van der Waals surface area contributed by atoms with E-state index >= 15 is 0 Å². The molecule has 2 fully saturated rings. The number of rotatable bonds is 4. The zero-order valence-corrected chi connectivity index (χ0v) is 18.8. The fourth-order valence-corrected chi connectivity index (χ4v) is 4.76. The first kappa shape index (κ1) is 22.6. The first-order chi connectivity index (χ1) is 13.9. The number of amides is 1. The first-order valence-corrected chi connectivity index (χ1v) is 10.6. The Morgan fingerprint density at radius 1 is 1.07 bits per heavy atom. The average molecular weight is 432 g/mol. The molecule has 6 heteroatoms. The maximum atomic E-state index is 13.5. The number of hydrogen-bond acceptors (Lipinski definition) is 3. The summed E-state index contributed by atoms with van der Waals surface area (Å²) in [6.07, 6.45) is 3.84. The van der Waals surface area contributed by atoms with E-state index < -0.39 is 5.82 Å². The number of likely N-dealkylation sites (tertiary alicyclic amines) is 1. The van der Waals surface area contributed by atoms with Crippen LogP contribution >= 0.6 is 12.4 Å². The SMILES string of the molecule is Cc1cc(N2CC[C@@H](N3CCC[C@H]3C)C2)ccc1NC(=O)c1cc(F)ccc1C.Cl. The number of nitrogens with one attached hydrogen (secondary N) is 1. The first-order valence-electron chi connectivity index (χ1n) is 10.6. The summed E-state index contributed by atoms with van der Waals surface area (Å²) in [5, 5.41) is 2.94. The van der Waals surface area contributed by atoms with Crippen molar-refractivity contribution >= 4 is 29.7 Å². The summed E-state index contributed by atoms with van der Waals surface area (Å²) in [6, 6.07) is 11.8. The zero-order chi connectivity index (χ0) is 20.5. The molecule has 0 bridgehead atoms. The summed E-state index contributed by atoms with van der Waals surface area (Å²) < 4.78 is 13.5. The molecule has 0 radical (unpaired) electrons. The van der Waals surface area contributed by atoms with Crippen molar-refractivity contribution in [2.24, 2.45) is 0 Å². The molecule has 1 N–H and O–H groups in total. The van der Waals surface area contributed by atoms with Gasteiger partial charge in [0.05, 0.1) is 0 Å². The normalized spacial score (nSPS) is 21.5. The molecular formula is C24H31ClFN3O. The Balaban J connectivity index is 0.00000256. The van der Waals surface area contributed by atoms with Gasteiger partial charge in [-0.3, -0.25) is 9.69 Å². The molecule has 1 amide bonds. The van der Waals surface area contributed by atoms with Crippen LogP contribution in [0, 0.1) is 19.7 Å². The third-order valence-corrected chi connectivity index (χ3v) is 6.50. The molecule has 2 saturated heterocycles. The van der Waals surface area contributed by atoms with Crippen LogP contribution in [0.2, 0.25) is 0 Å². The molecule has 4 rings (SSSR count). The fraction of sp³-hybridized carbons (Fsp3) is 0.458. The van der Waals surface area contributed by atoms with Gasteiger partial charge in [0.15, 0.2) is 0 Å². The van der Waals surface area contributed by atoms with E-state index in [4.69, 9.17) is 0 Å². The quantitative estimate of drug-likeness (QED) is 0.724. The fourth-order valence-electron chi connectivity index (χ4n) is 4.76. The average Bonchev–Trinajstić information content (AvgIpc) is 3.34. The minimum atomic E-state index is -0.399. The molecule has 0 aliphatic carbocycles. The van der Waals surface area contributed by atoms with E-state index in [2.05, 4.69) is 34.2 Å². The van der Waals surface area contributed by atoms with Crippen LogP contribution in [0.25, 0.3) is 0 Å². The number of benzene rings is 2. The van der Waals surface area contributed by atoms with Gasteiger partial charge in [0.25, 0.3) is 5.91 Å². The van der Waals surface area contributed by atoms with Crippen LogP contribution < -0.4 is 10.2 Å². The van der Waals surface area contributed by atoms with Crippen LogP contribution in [-0.4, -0.2) is 42.5 Å². The Kier molecular flexibility index (Phi) is 7.04. The summed E-state index contributed by atoms with van der Waals surface area (Å²) >= 11 is 0. The molecule has 0 spiro atoms. The van der Waals surface area contributed by atoms with Gasteiger partial charge < -0.3 is 10.2 Å². The van der Waals surface area contributed by atoms with Crippen molar-refractivity contribution in [3.05, 3.63) is 58.9 Å². The predicted octanol–water partition coefficient (Wildman–Crippen LogP) is 5.18. The van der Waals surface area contributed by atoms with Crippen LogP contribution in [0.4, 0.5) is 15.8 Å². The zero-order valence-electron chi connectivity index (χ0n) is 18.0. The summed E-state index contributed by atoms with van der Waals surface area (Å²) in [5.41, 5.74) is 4.12. The lowest BCUT2D eigenvalue weighted by atomic mass is 10.1. The number of anilines is 2. The van der Waals surface area contributed by atoms with Crippen molar-refractivity contribution in [1.29, 1.82) is 0 Å². The molecule has 30 heavy (non-hydrogen) atoms. The topological polar surface area (TPSA) is 35.6 Å². The highest BCUT2D eigenvalue weighted by atomic mass is 35.5. The van der Waals surface area contributed by atoms with E-state index in [-0.39, 0.29) is 18.3 Å². The van der Waals surface area contributed by atoms with Gasteiger partial charge in [-0.2, -0.15) is 0 Å². The second-order valence-electron chi connectivity index (χ2n) is 8.53. The van der Waals surface area contributed by atoms with Crippen LogP contribution in [0.3, 0.4) is 0 Å². The van der Waals surface area contributed by atoms with Gasteiger partial charge in [0.1, 0.15) is 5.82 Å². The van der Waals surface area contributed by atoms with Crippen molar-refractivity contribution in [2.75, 3.05) is 29.9 Å². The van der Waals surface area contributed by atoms with Crippen molar-refractivity contribution in [1.82, 2.24) is 4.90 Å². The Bertz CT molecular complexity index is 919. The van der Waals surface area contributed by atoms with Gasteiger partial charge in [-0.15, -0.1) is 12.4 Å². The number of hydrogen-bond donors (Lipinski definition) is 1. The van der Waals surface area contributed by atoms with Gasteiger partial charge in [0, 0.05) is 42.1 Å². The Labute approximate surface area is 184 Å². The van der Waals surface area contributed by atoms with E-state index in [1.807, 2.05) is 19.9 Å². The minimum Gasteiger partial charge on any atom is -0.370 e. The molecule has 4 nitrogen and oxygen atoms in total. The summed E-state index contributed by atoms with van der Waals surface area (Å²) in [6.45, 7) is 9.53. The maximum absolute atomic E-state index is 13.5. The van der Waals surface area contributed by atoms with Crippen LogP contribution in [-0.2, 0) is 0 Å². The molecule has 2 heterocycles. The molecule has 2 aromatic rings. The molecule has 2 atom stereocenters. The number of aryl methyl sites for hydroxylation is 2. The van der Waals surface area contributed by atoms with E-state index in [0.29, 0.717) is 17.6 Å². The van der Waals surface area contributed by atoms with Gasteiger partial charge in [-0.05, 0) is 88.0 Å². The number of carbonyl (C=O) groups excluding carboxylic acids is 1. The lowest BCUT2D eigenvalue weighted by molar-refractivity contribution is 0.102. The van der Waals surface area contributed by atoms with Gasteiger partial charge in [0.2, 0.25) is 0 Å². The predicted molar refractivity (Wildman–Crippen MR) is 124 cm³/mol. The van der Waals surface area contributed by atoms with Crippen molar-refractivity contribution in [2.45, 2.75) is 52.1 Å². The summed E-state index contributed by atoms with van der Waals surface area (Å²) in [7, 11) is 0. The van der Waals surface area contributed by atoms with Gasteiger partial charge in [-0.1, -0.05) is 6.07 Å². The van der Waals surface area contributed by atoms with Crippen LogP contribution in [0.15, 0.2) is 36.4 Å². The Morgan fingerprint density at radius 2 is 1.87 bits per heavy atom. The molecule has 0 unspecified atom stereocenters. The smallest absolute Gasteiger partial charge is 0.256 e. The number of nitrogens with zero attached hydrogens (tertiary/aromatic N) is 2. The number of halogens is 2. The standard InChI is InChI=1S/C24H30FN3O.ClH/c1-16-6-7-19(25)14-22(16)24(29)26-23-9-8-20(13-17(23)2)27-12-10-21(15-27)28-11-4-5-18(28)3;/h6-9,13-14,18,21H,4-5,10-12,15H2,1-3H3,(H,26,29);1H/t18-,21-;/m1./s1. The highest BCUT2D eigenvalue weighted by molar-refractivity contribution is 6.05. The van der Waals surface area contributed by atoms with E-state index in [9.17, 15) is 9.18 Å². The largest absolute Gasteiger partial charge is 0.370 e. The van der Waals surface area contributed by atoms with Gasteiger partial charge >= 0.3 is 0 Å². The molecule has 162 valence electrons.